The quantitative estimate of drug-likeness (QED) is 0.591. The molecule has 1 aliphatic rings. The Balaban J connectivity index is 1.95. The highest BCUT2D eigenvalue weighted by atomic mass is 16.5. The molecule has 0 N–H and O–H groups in total. The molecule has 0 unspecified atom stereocenters. The van der Waals surface area contributed by atoms with Crippen molar-refractivity contribution in [1.82, 2.24) is 4.90 Å². The molecule has 0 aliphatic carbocycles. The lowest BCUT2D eigenvalue weighted by Crippen LogP contribution is -2.39. The Labute approximate surface area is 112 Å². The lowest BCUT2D eigenvalue weighted by atomic mass is 10.1. The van der Waals surface area contributed by atoms with Gasteiger partial charge in [0.25, 0.3) is 0 Å². The van der Waals surface area contributed by atoms with Gasteiger partial charge in [0.1, 0.15) is 0 Å². The van der Waals surface area contributed by atoms with Crippen molar-refractivity contribution in [2.45, 2.75) is 32.8 Å². The van der Waals surface area contributed by atoms with E-state index in [2.05, 4.69) is 18.7 Å². The Morgan fingerprint density at radius 1 is 1.06 bits per heavy atom. The zero-order chi connectivity index (χ0) is 13.2. The average Bonchev–Trinajstić information content (AvgIpc) is 2.35. The molecule has 0 spiro atoms. The van der Waals surface area contributed by atoms with Gasteiger partial charge < -0.3 is 19.1 Å². The second-order valence-electron chi connectivity index (χ2n) is 5.37. The van der Waals surface area contributed by atoms with Crippen molar-refractivity contribution in [3.05, 3.63) is 0 Å². The number of likely N-dealkylation sites (tertiary alicyclic amines) is 1. The van der Waals surface area contributed by atoms with E-state index in [1.165, 1.54) is 19.6 Å². The summed E-state index contributed by atoms with van der Waals surface area (Å²) in [7, 11) is 1.69. The van der Waals surface area contributed by atoms with Crippen LogP contribution in [-0.2, 0) is 14.2 Å². The Morgan fingerprint density at radius 3 is 2.33 bits per heavy atom. The maximum atomic E-state index is 5.82. The van der Waals surface area contributed by atoms with Crippen LogP contribution in [0.15, 0.2) is 0 Å². The van der Waals surface area contributed by atoms with E-state index in [-0.39, 0.29) is 0 Å². The van der Waals surface area contributed by atoms with Crippen molar-refractivity contribution in [3.8, 4) is 0 Å². The van der Waals surface area contributed by atoms with E-state index < -0.39 is 0 Å². The molecular formula is C14H29NO3. The monoisotopic (exact) mass is 259 g/mol. The molecule has 0 radical (unpaired) electrons. The third-order valence-electron chi connectivity index (χ3n) is 3.17. The fourth-order valence-electron chi connectivity index (χ4n) is 2.29. The molecule has 1 aliphatic heterocycles. The van der Waals surface area contributed by atoms with Gasteiger partial charge in [-0.1, -0.05) is 13.8 Å². The van der Waals surface area contributed by atoms with Gasteiger partial charge in [-0.2, -0.15) is 0 Å². The molecule has 1 fully saturated rings. The second-order valence-corrected chi connectivity index (χ2v) is 5.37. The molecule has 1 heterocycles. The minimum Gasteiger partial charge on any atom is -0.382 e. The van der Waals surface area contributed by atoms with Crippen LogP contribution >= 0.6 is 0 Å². The second kappa shape index (κ2) is 9.73. The molecule has 1 saturated heterocycles. The lowest BCUT2D eigenvalue weighted by Gasteiger charge is -2.32. The summed E-state index contributed by atoms with van der Waals surface area (Å²) in [6, 6.07) is 0. The number of piperidine rings is 1. The number of nitrogens with zero attached hydrogens (tertiary/aromatic N) is 1. The zero-order valence-electron chi connectivity index (χ0n) is 12.2. The maximum absolute atomic E-state index is 5.82. The van der Waals surface area contributed by atoms with Gasteiger partial charge in [0.2, 0.25) is 0 Å². The molecular weight excluding hydrogens is 230 g/mol. The zero-order valence-corrected chi connectivity index (χ0v) is 12.2. The Kier molecular flexibility index (Phi) is 8.59. The largest absolute Gasteiger partial charge is 0.382 e. The molecule has 0 saturated carbocycles. The number of hydrogen-bond donors (Lipinski definition) is 0. The standard InChI is InChI=1S/C14H29NO3/c1-13(2)12-15-6-4-14(5-7-15)18-11-10-17-9-8-16-3/h13-14H,4-12H2,1-3H3. The van der Waals surface area contributed by atoms with Crippen molar-refractivity contribution in [1.29, 1.82) is 0 Å². The van der Waals surface area contributed by atoms with Crippen molar-refractivity contribution in [2.75, 3.05) is 53.2 Å². The summed E-state index contributed by atoms with van der Waals surface area (Å²) in [6.45, 7) is 10.8. The first-order valence-corrected chi connectivity index (χ1v) is 7.13. The van der Waals surface area contributed by atoms with Gasteiger partial charge in [0.05, 0.1) is 32.5 Å². The highest BCUT2D eigenvalue weighted by molar-refractivity contribution is 4.73. The van der Waals surface area contributed by atoms with Crippen LogP contribution in [0.5, 0.6) is 0 Å². The maximum Gasteiger partial charge on any atom is 0.0704 e. The summed E-state index contributed by atoms with van der Waals surface area (Å²) < 4.78 is 16.1. The van der Waals surface area contributed by atoms with Crippen LogP contribution < -0.4 is 0 Å². The van der Waals surface area contributed by atoms with Gasteiger partial charge in [0.15, 0.2) is 0 Å². The Hall–Kier alpha value is -0.160. The molecule has 0 aromatic heterocycles. The summed E-state index contributed by atoms with van der Waals surface area (Å²) in [5, 5.41) is 0. The van der Waals surface area contributed by atoms with Crippen molar-refractivity contribution < 1.29 is 14.2 Å². The number of methoxy groups -OCH3 is 1. The fourth-order valence-corrected chi connectivity index (χ4v) is 2.29. The van der Waals surface area contributed by atoms with Crippen LogP contribution in [-0.4, -0.2) is 64.2 Å². The molecule has 4 nitrogen and oxygen atoms in total. The highest BCUT2D eigenvalue weighted by Gasteiger charge is 2.19. The molecule has 0 aromatic carbocycles. The predicted molar refractivity (Wildman–Crippen MR) is 72.9 cm³/mol. The first-order chi connectivity index (χ1) is 8.72. The van der Waals surface area contributed by atoms with Crippen LogP contribution in [0.4, 0.5) is 0 Å². The van der Waals surface area contributed by atoms with Crippen LogP contribution in [0, 0.1) is 5.92 Å². The highest BCUT2D eigenvalue weighted by Crippen LogP contribution is 2.14. The minimum absolute atomic E-state index is 0.430. The van der Waals surface area contributed by atoms with Gasteiger partial charge in [-0.15, -0.1) is 0 Å². The summed E-state index contributed by atoms with van der Waals surface area (Å²) >= 11 is 0. The Bertz CT molecular complexity index is 191. The molecule has 0 aromatic rings. The van der Waals surface area contributed by atoms with Gasteiger partial charge in [-0.3, -0.25) is 0 Å². The topological polar surface area (TPSA) is 30.9 Å². The predicted octanol–water partition coefficient (Wildman–Crippen LogP) is 1.79. The summed E-state index contributed by atoms with van der Waals surface area (Å²) in [4.78, 5) is 2.54. The van der Waals surface area contributed by atoms with E-state index in [0.29, 0.717) is 32.5 Å². The molecule has 0 bridgehead atoms. The van der Waals surface area contributed by atoms with Crippen molar-refractivity contribution in [2.24, 2.45) is 5.92 Å². The molecule has 18 heavy (non-hydrogen) atoms. The summed E-state index contributed by atoms with van der Waals surface area (Å²) in [6.07, 6.45) is 2.75. The van der Waals surface area contributed by atoms with E-state index in [0.717, 1.165) is 18.8 Å². The first-order valence-electron chi connectivity index (χ1n) is 7.13. The SMILES string of the molecule is COCCOCCOC1CCN(CC(C)C)CC1. The van der Waals surface area contributed by atoms with Crippen molar-refractivity contribution in [3.63, 3.8) is 0 Å². The van der Waals surface area contributed by atoms with E-state index >= 15 is 0 Å². The smallest absolute Gasteiger partial charge is 0.0704 e. The third-order valence-corrected chi connectivity index (χ3v) is 3.17. The van der Waals surface area contributed by atoms with E-state index in [1.54, 1.807) is 7.11 Å². The van der Waals surface area contributed by atoms with Crippen molar-refractivity contribution >= 4 is 0 Å². The fraction of sp³-hybridized carbons (Fsp3) is 1.00. The van der Waals surface area contributed by atoms with Gasteiger partial charge >= 0.3 is 0 Å². The minimum atomic E-state index is 0.430. The number of ether oxygens (including phenoxy) is 3. The summed E-state index contributed by atoms with van der Waals surface area (Å²) in [5.41, 5.74) is 0. The normalized spacial score (nSPS) is 18.7. The van der Waals surface area contributed by atoms with Crippen LogP contribution in [0.3, 0.4) is 0 Å². The molecule has 1 rings (SSSR count). The van der Waals surface area contributed by atoms with Crippen LogP contribution in [0.2, 0.25) is 0 Å². The van der Waals surface area contributed by atoms with Gasteiger partial charge in [0, 0.05) is 26.7 Å². The number of rotatable bonds is 9. The average molecular weight is 259 g/mol. The van der Waals surface area contributed by atoms with Gasteiger partial charge in [-0.25, -0.2) is 0 Å². The summed E-state index contributed by atoms with van der Waals surface area (Å²) in [5.74, 6) is 0.761. The third kappa shape index (κ3) is 7.31. The van der Waals surface area contributed by atoms with E-state index in [9.17, 15) is 0 Å². The van der Waals surface area contributed by atoms with E-state index in [4.69, 9.17) is 14.2 Å². The van der Waals surface area contributed by atoms with Gasteiger partial charge in [-0.05, 0) is 18.8 Å². The lowest BCUT2D eigenvalue weighted by molar-refractivity contribution is -0.0294. The molecule has 4 heteroatoms. The van der Waals surface area contributed by atoms with Crippen LogP contribution in [0.1, 0.15) is 26.7 Å². The number of hydrogen-bond acceptors (Lipinski definition) is 4. The van der Waals surface area contributed by atoms with Crippen LogP contribution in [0.25, 0.3) is 0 Å². The van der Waals surface area contributed by atoms with E-state index in [1.807, 2.05) is 0 Å². The first kappa shape index (κ1) is 15.9. The molecule has 0 amide bonds. The molecule has 0 atom stereocenters. The molecule has 108 valence electrons. The Morgan fingerprint density at radius 2 is 1.72 bits per heavy atom.